The van der Waals surface area contributed by atoms with Crippen molar-refractivity contribution in [3.05, 3.63) is 70.8 Å². The largest absolute Gasteiger partial charge is 0.314 e. The van der Waals surface area contributed by atoms with Gasteiger partial charge in [-0.05, 0) is 67.8 Å². The monoisotopic (exact) mass is 423 g/mol. The zero-order chi connectivity index (χ0) is 20.7. The van der Waals surface area contributed by atoms with Gasteiger partial charge in [0.25, 0.3) is 5.91 Å². The molecule has 2 aromatic rings. The van der Waals surface area contributed by atoms with Crippen molar-refractivity contribution in [3.63, 3.8) is 0 Å². The summed E-state index contributed by atoms with van der Waals surface area (Å²) >= 11 is 6.59. The van der Waals surface area contributed by atoms with Crippen molar-refractivity contribution in [1.82, 2.24) is 14.6 Å². The highest BCUT2D eigenvalue weighted by molar-refractivity contribution is 6.24. The highest BCUT2D eigenvalue weighted by Crippen LogP contribution is 2.41. The molecular weight excluding hydrogens is 394 g/mol. The molecule has 30 heavy (non-hydrogen) atoms. The van der Waals surface area contributed by atoms with E-state index in [0.717, 1.165) is 43.0 Å². The number of benzene rings is 2. The third-order valence-corrected chi connectivity index (χ3v) is 7.83. The summed E-state index contributed by atoms with van der Waals surface area (Å²) in [6.45, 7) is 5.32. The molecule has 158 valence electrons. The number of amides is 1. The minimum Gasteiger partial charge on any atom is -0.314 e. The van der Waals surface area contributed by atoms with Gasteiger partial charge in [-0.1, -0.05) is 42.5 Å². The predicted molar refractivity (Wildman–Crippen MR) is 120 cm³/mol. The second-order valence-electron chi connectivity index (χ2n) is 9.04. The molecule has 4 atom stereocenters. The zero-order valence-electron chi connectivity index (χ0n) is 17.6. The molecule has 0 aliphatic carbocycles. The van der Waals surface area contributed by atoms with Crippen LogP contribution in [0.3, 0.4) is 0 Å². The Hall–Kier alpha value is -1.88. The molecule has 0 aromatic heterocycles. The Morgan fingerprint density at radius 3 is 2.87 bits per heavy atom. The Bertz CT molecular complexity index is 918. The predicted octanol–water partition coefficient (Wildman–Crippen LogP) is 4.71. The summed E-state index contributed by atoms with van der Waals surface area (Å²) in [5.74, 6) is 0.675. The van der Waals surface area contributed by atoms with E-state index in [1.807, 2.05) is 49.4 Å². The van der Waals surface area contributed by atoms with Crippen LogP contribution in [-0.2, 0) is 6.42 Å². The molecule has 1 amide bonds. The van der Waals surface area contributed by atoms with Gasteiger partial charge in [0.05, 0.1) is 6.04 Å². The zero-order valence-corrected chi connectivity index (χ0v) is 18.3. The maximum atomic E-state index is 13.4. The van der Waals surface area contributed by atoms with E-state index in [1.54, 1.807) is 0 Å². The summed E-state index contributed by atoms with van der Waals surface area (Å²) in [5.41, 5.74) is 4.33. The summed E-state index contributed by atoms with van der Waals surface area (Å²) in [6, 6.07) is 17.0. The van der Waals surface area contributed by atoms with Crippen LogP contribution in [0.15, 0.2) is 48.5 Å². The lowest BCUT2D eigenvalue weighted by atomic mass is 9.77. The first-order valence-electron chi connectivity index (χ1n) is 11.3. The highest BCUT2D eigenvalue weighted by atomic mass is 35.5. The summed E-state index contributed by atoms with van der Waals surface area (Å²) in [7, 11) is 0. The average molecular weight is 424 g/mol. The molecule has 4 nitrogen and oxygen atoms in total. The van der Waals surface area contributed by atoms with Crippen molar-refractivity contribution < 1.29 is 4.79 Å². The molecule has 1 N–H and O–H groups in total. The number of piperidine rings is 2. The van der Waals surface area contributed by atoms with Gasteiger partial charge in [-0.2, -0.15) is 0 Å². The maximum Gasteiger partial charge on any atom is 0.269 e. The van der Waals surface area contributed by atoms with E-state index in [2.05, 4.69) is 16.3 Å². The SMILES string of the molecule is C[C@H](c1ccccc1)N(Cl)C(=O)c1cccc2c1CCN1C[C@H]3CCCN[C@H]3C[C@@H]21. The summed E-state index contributed by atoms with van der Waals surface area (Å²) < 4.78 is 1.37. The molecule has 0 spiro atoms. The van der Waals surface area contributed by atoms with Crippen molar-refractivity contribution in [1.29, 1.82) is 0 Å². The first-order chi connectivity index (χ1) is 14.6. The fourth-order valence-electron chi connectivity index (χ4n) is 5.71. The van der Waals surface area contributed by atoms with Crippen molar-refractivity contribution in [2.75, 3.05) is 19.6 Å². The fourth-order valence-corrected chi connectivity index (χ4v) is 5.91. The molecule has 2 saturated heterocycles. The standard InChI is InChI=1S/C25H30ClN3O/c1-17(18-7-3-2-4-8-18)29(26)25(30)22-11-5-10-21-20(22)12-14-28-16-19-9-6-13-27-23(19)15-24(21)28/h2-5,7-8,10-11,17,19,23-24,27H,6,9,12-16H2,1H3/t17-,19-,23+,24+/m1/s1. The van der Waals surface area contributed by atoms with Gasteiger partial charge in [-0.25, -0.2) is 4.42 Å². The number of nitrogens with one attached hydrogen (secondary N) is 1. The minimum atomic E-state index is -0.182. The molecule has 3 aliphatic rings. The molecule has 3 aliphatic heterocycles. The first kappa shape index (κ1) is 20.0. The average Bonchev–Trinajstić information content (AvgIpc) is 2.81. The number of nitrogens with zero attached hydrogens (tertiary/aromatic N) is 2. The van der Waals surface area contributed by atoms with E-state index < -0.39 is 0 Å². The van der Waals surface area contributed by atoms with Gasteiger partial charge in [0.1, 0.15) is 0 Å². The number of hydrogen-bond donors (Lipinski definition) is 1. The molecule has 2 aromatic carbocycles. The van der Waals surface area contributed by atoms with Gasteiger partial charge >= 0.3 is 0 Å². The van der Waals surface area contributed by atoms with E-state index >= 15 is 0 Å². The Kier molecular flexibility index (Phi) is 5.57. The number of hydrogen-bond acceptors (Lipinski definition) is 3. The summed E-state index contributed by atoms with van der Waals surface area (Å²) in [6.07, 6.45) is 4.69. The third kappa shape index (κ3) is 3.55. The van der Waals surface area contributed by atoms with Crippen LogP contribution >= 0.6 is 11.8 Å². The second kappa shape index (κ2) is 8.33. The van der Waals surface area contributed by atoms with E-state index in [0.29, 0.717) is 12.1 Å². The van der Waals surface area contributed by atoms with Crippen molar-refractivity contribution >= 4 is 17.7 Å². The number of fused-ring (bicyclic) bond motifs is 4. The Morgan fingerprint density at radius 1 is 1.20 bits per heavy atom. The van der Waals surface area contributed by atoms with E-state index in [9.17, 15) is 4.79 Å². The molecule has 0 saturated carbocycles. The molecular formula is C25H30ClN3O. The molecule has 3 heterocycles. The number of carbonyl (C=O) groups excluding carboxylic acids is 1. The smallest absolute Gasteiger partial charge is 0.269 e. The highest BCUT2D eigenvalue weighted by Gasteiger charge is 2.40. The van der Waals surface area contributed by atoms with Gasteiger partial charge in [-0.3, -0.25) is 9.69 Å². The van der Waals surface area contributed by atoms with Gasteiger partial charge in [-0.15, -0.1) is 0 Å². The van der Waals surface area contributed by atoms with Crippen LogP contribution in [0.4, 0.5) is 0 Å². The molecule has 5 rings (SSSR count). The van der Waals surface area contributed by atoms with Crippen LogP contribution in [0.2, 0.25) is 0 Å². The molecule has 0 radical (unpaired) electrons. The fraction of sp³-hybridized carbons (Fsp3) is 0.480. The first-order valence-corrected chi connectivity index (χ1v) is 11.6. The van der Waals surface area contributed by atoms with Crippen LogP contribution in [0.5, 0.6) is 0 Å². The Balaban J connectivity index is 1.41. The third-order valence-electron chi connectivity index (χ3n) is 7.38. The number of rotatable bonds is 3. The summed E-state index contributed by atoms with van der Waals surface area (Å²) in [4.78, 5) is 16.0. The van der Waals surface area contributed by atoms with Crippen LogP contribution in [-0.4, -0.2) is 40.9 Å². The van der Waals surface area contributed by atoms with Gasteiger partial charge in [0.2, 0.25) is 0 Å². The van der Waals surface area contributed by atoms with Gasteiger partial charge in [0, 0.05) is 42.5 Å². The lowest BCUT2D eigenvalue weighted by Gasteiger charge is -2.49. The van der Waals surface area contributed by atoms with Crippen LogP contribution in [0, 0.1) is 5.92 Å². The summed E-state index contributed by atoms with van der Waals surface area (Å²) in [5, 5.41) is 3.75. The van der Waals surface area contributed by atoms with E-state index in [1.165, 1.54) is 34.9 Å². The molecule has 5 heteroatoms. The normalized spacial score (nSPS) is 26.8. The minimum absolute atomic E-state index is 0.0946. The Morgan fingerprint density at radius 2 is 2.03 bits per heavy atom. The lowest BCUT2D eigenvalue weighted by Crippen LogP contribution is -2.54. The molecule has 0 unspecified atom stereocenters. The maximum absolute atomic E-state index is 13.4. The van der Waals surface area contributed by atoms with Crippen LogP contribution in [0.1, 0.15) is 65.3 Å². The second-order valence-corrected chi connectivity index (χ2v) is 9.40. The molecule has 0 bridgehead atoms. The van der Waals surface area contributed by atoms with Gasteiger partial charge < -0.3 is 5.32 Å². The van der Waals surface area contributed by atoms with Crippen molar-refractivity contribution in [2.45, 2.75) is 50.7 Å². The quantitative estimate of drug-likeness (QED) is 0.726. The van der Waals surface area contributed by atoms with Gasteiger partial charge in [0.15, 0.2) is 0 Å². The van der Waals surface area contributed by atoms with Crippen LogP contribution in [0.25, 0.3) is 0 Å². The molecule has 2 fully saturated rings. The van der Waals surface area contributed by atoms with Crippen molar-refractivity contribution in [3.8, 4) is 0 Å². The number of halogens is 1. The number of carbonyl (C=O) groups is 1. The van der Waals surface area contributed by atoms with E-state index in [4.69, 9.17) is 11.8 Å². The van der Waals surface area contributed by atoms with Crippen molar-refractivity contribution in [2.24, 2.45) is 5.92 Å². The topological polar surface area (TPSA) is 35.6 Å². The van der Waals surface area contributed by atoms with E-state index in [-0.39, 0.29) is 11.9 Å². The Labute approximate surface area is 184 Å². The lowest BCUT2D eigenvalue weighted by molar-refractivity contribution is 0.0548. The van der Waals surface area contributed by atoms with Crippen LogP contribution < -0.4 is 5.32 Å².